The van der Waals surface area contributed by atoms with Gasteiger partial charge < -0.3 is 0 Å². The van der Waals surface area contributed by atoms with E-state index >= 15 is 0 Å². The molecule has 0 radical (unpaired) electrons. The number of para-hydroxylation sites is 2. The highest BCUT2D eigenvalue weighted by Crippen LogP contribution is 2.52. The highest BCUT2D eigenvalue weighted by molar-refractivity contribution is 6.10. The van der Waals surface area contributed by atoms with Crippen molar-refractivity contribution >= 4 is 65.4 Å². The van der Waals surface area contributed by atoms with Crippen molar-refractivity contribution in [3.8, 4) is 33.8 Å². The molecule has 2 unspecified atom stereocenters. The minimum atomic E-state index is -0.257. The lowest BCUT2D eigenvalue weighted by Gasteiger charge is -2.34. The van der Waals surface area contributed by atoms with Crippen molar-refractivity contribution in [3.05, 3.63) is 222 Å². The SMILES string of the molecule is CCC1C(c2ccc3c(c2)C(C)(C)c2cc(-c4nc(-c5ccc6c(ccc7ccccc76)c5)c5ccccc5n4)ccc2-3)=Nc2ccccc2C1c1ccc2c(ccc3ccccc32)c1. The highest BCUT2D eigenvalue weighted by Gasteiger charge is 2.39. The Labute approximate surface area is 378 Å². The van der Waals surface area contributed by atoms with Crippen LogP contribution in [-0.4, -0.2) is 15.7 Å². The molecular formula is C62H45N3. The van der Waals surface area contributed by atoms with Gasteiger partial charge in [-0.1, -0.05) is 185 Å². The smallest absolute Gasteiger partial charge is 0.160 e. The molecule has 3 nitrogen and oxygen atoms in total. The maximum absolute atomic E-state index is 5.51. The molecule has 3 heteroatoms. The molecule has 65 heavy (non-hydrogen) atoms. The molecule has 2 heterocycles. The third-order valence-corrected chi connectivity index (χ3v) is 14.7. The second-order valence-electron chi connectivity index (χ2n) is 18.6. The van der Waals surface area contributed by atoms with Crippen LogP contribution in [-0.2, 0) is 5.41 Å². The first kappa shape index (κ1) is 37.8. The van der Waals surface area contributed by atoms with Crippen molar-refractivity contribution in [1.29, 1.82) is 0 Å². The van der Waals surface area contributed by atoms with E-state index in [9.17, 15) is 0 Å². The van der Waals surface area contributed by atoms with E-state index < -0.39 is 0 Å². The van der Waals surface area contributed by atoms with Gasteiger partial charge in [0.15, 0.2) is 5.82 Å². The summed E-state index contributed by atoms with van der Waals surface area (Å²) >= 11 is 0. The summed E-state index contributed by atoms with van der Waals surface area (Å²) in [6.07, 6.45) is 0.974. The highest BCUT2D eigenvalue weighted by atomic mass is 14.9. The maximum Gasteiger partial charge on any atom is 0.160 e. The second-order valence-corrected chi connectivity index (χ2v) is 18.6. The van der Waals surface area contributed by atoms with Crippen LogP contribution in [0.15, 0.2) is 199 Å². The van der Waals surface area contributed by atoms with Crippen molar-refractivity contribution in [2.75, 3.05) is 0 Å². The van der Waals surface area contributed by atoms with E-state index in [4.69, 9.17) is 15.0 Å². The van der Waals surface area contributed by atoms with E-state index in [-0.39, 0.29) is 17.3 Å². The number of benzene rings is 10. The average molecular weight is 832 g/mol. The second kappa shape index (κ2) is 14.4. The zero-order valence-electron chi connectivity index (χ0n) is 36.7. The molecule has 1 aromatic heterocycles. The van der Waals surface area contributed by atoms with E-state index in [2.05, 4.69) is 215 Å². The molecule has 10 aromatic carbocycles. The van der Waals surface area contributed by atoms with E-state index in [1.165, 1.54) is 87.7 Å². The minimum Gasteiger partial charge on any atom is -0.252 e. The number of nitrogens with zero attached hydrogens (tertiary/aromatic N) is 3. The predicted octanol–water partition coefficient (Wildman–Crippen LogP) is 16.2. The Morgan fingerprint density at radius 2 is 1.03 bits per heavy atom. The van der Waals surface area contributed by atoms with Gasteiger partial charge in [-0.05, 0) is 119 Å². The molecule has 0 amide bonds. The van der Waals surface area contributed by atoms with Crippen LogP contribution in [0, 0.1) is 5.92 Å². The van der Waals surface area contributed by atoms with Gasteiger partial charge in [0.25, 0.3) is 0 Å². The Kier molecular flexibility index (Phi) is 8.36. The zero-order valence-corrected chi connectivity index (χ0v) is 36.7. The zero-order chi connectivity index (χ0) is 43.4. The summed E-state index contributed by atoms with van der Waals surface area (Å²) < 4.78 is 0. The summed E-state index contributed by atoms with van der Waals surface area (Å²) in [6.45, 7) is 7.06. The summed E-state index contributed by atoms with van der Waals surface area (Å²) in [6, 6.07) is 71.3. The molecule has 13 rings (SSSR count). The number of aromatic nitrogens is 2. The third kappa shape index (κ3) is 5.85. The van der Waals surface area contributed by atoms with Crippen LogP contribution in [0.2, 0.25) is 0 Å². The molecule has 1 aliphatic carbocycles. The molecule has 0 N–H and O–H groups in total. The number of rotatable bonds is 5. The molecule has 0 bridgehead atoms. The lowest BCUT2D eigenvalue weighted by atomic mass is 9.72. The van der Waals surface area contributed by atoms with E-state index in [1.807, 2.05) is 0 Å². The third-order valence-electron chi connectivity index (χ3n) is 14.7. The monoisotopic (exact) mass is 831 g/mol. The number of hydrogen-bond donors (Lipinski definition) is 0. The van der Waals surface area contributed by atoms with E-state index in [0.717, 1.165) is 45.7 Å². The molecule has 0 saturated heterocycles. The van der Waals surface area contributed by atoms with Gasteiger partial charge in [-0.2, -0.15) is 0 Å². The Morgan fingerprint density at radius 3 is 1.77 bits per heavy atom. The summed E-state index contributed by atoms with van der Waals surface area (Å²) in [5.41, 5.74) is 15.0. The largest absolute Gasteiger partial charge is 0.252 e. The van der Waals surface area contributed by atoms with Crippen molar-refractivity contribution in [2.45, 2.75) is 38.5 Å². The van der Waals surface area contributed by atoms with Gasteiger partial charge in [-0.3, -0.25) is 4.99 Å². The summed E-state index contributed by atoms with van der Waals surface area (Å²) in [7, 11) is 0. The van der Waals surface area contributed by atoms with Gasteiger partial charge in [-0.25, -0.2) is 9.97 Å². The van der Waals surface area contributed by atoms with Gasteiger partial charge in [0.1, 0.15) is 0 Å². The van der Waals surface area contributed by atoms with Crippen molar-refractivity contribution < 1.29 is 0 Å². The van der Waals surface area contributed by atoms with Crippen LogP contribution >= 0.6 is 0 Å². The van der Waals surface area contributed by atoms with Gasteiger partial charge in [0.2, 0.25) is 0 Å². The van der Waals surface area contributed by atoms with Gasteiger partial charge in [0, 0.05) is 33.8 Å². The summed E-state index contributed by atoms with van der Waals surface area (Å²) in [4.78, 5) is 16.1. The van der Waals surface area contributed by atoms with Crippen molar-refractivity contribution in [2.24, 2.45) is 10.9 Å². The number of fused-ring (bicyclic) bond motifs is 11. The van der Waals surface area contributed by atoms with E-state index in [0.29, 0.717) is 0 Å². The molecule has 308 valence electrons. The Bertz CT molecular complexity index is 3820. The molecule has 2 aliphatic rings. The van der Waals surface area contributed by atoms with Gasteiger partial charge >= 0.3 is 0 Å². The lowest BCUT2D eigenvalue weighted by molar-refractivity contribution is 0.578. The molecular weight excluding hydrogens is 787 g/mol. The Morgan fingerprint density at radius 1 is 0.462 bits per heavy atom. The fraction of sp³-hybridized carbons (Fsp3) is 0.113. The standard InChI is InChI=1S/C62H45N3/c1-4-45-58(41-25-29-48-39(33-41)23-21-37-13-5-7-15-46(37)48)52-17-9-11-19-56(52)63-59(45)43-27-31-50-51-32-28-44(36-55(51)62(2,3)54(50)35-43)61-64-57-20-12-10-18-53(57)60(65-61)42-26-30-49-40(34-42)24-22-38-14-6-8-16-47(38)49/h5-36,45,58H,4H2,1-3H3. The van der Waals surface area contributed by atoms with Gasteiger partial charge in [-0.15, -0.1) is 0 Å². The summed E-state index contributed by atoms with van der Waals surface area (Å²) in [5, 5.41) is 11.2. The molecule has 0 fully saturated rings. The van der Waals surface area contributed by atoms with Crippen LogP contribution in [0.1, 0.15) is 60.9 Å². The molecule has 11 aromatic rings. The first-order valence-electron chi connectivity index (χ1n) is 23.0. The molecule has 0 spiro atoms. The predicted molar refractivity (Wildman–Crippen MR) is 273 cm³/mol. The number of hydrogen-bond acceptors (Lipinski definition) is 3. The fourth-order valence-electron chi connectivity index (χ4n) is 11.4. The van der Waals surface area contributed by atoms with Crippen molar-refractivity contribution in [1.82, 2.24) is 9.97 Å². The molecule has 2 atom stereocenters. The average Bonchev–Trinajstić information content (AvgIpc) is 3.59. The lowest BCUT2D eigenvalue weighted by Crippen LogP contribution is -2.27. The van der Waals surface area contributed by atoms with Crippen LogP contribution in [0.5, 0.6) is 0 Å². The van der Waals surface area contributed by atoms with Crippen molar-refractivity contribution in [3.63, 3.8) is 0 Å². The first-order chi connectivity index (χ1) is 31.9. The molecule has 1 aliphatic heterocycles. The van der Waals surface area contributed by atoms with Crippen LogP contribution in [0.25, 0.3) is 87.8 Å². The normalized spacial score (nSPS) is 16.2. The van der Waals surface area contributed by atoms with Crippen LogP contribution < -0.4 is 0 Å². The van der Waals surface area contributed by atoms with Crippen LogP contribution in [0.4, 0.5) is 5.69 Å². The van der Waals surface area contributed by atoms with Crippen LogP contribution in [0.3, 0.4) is 0 Å². The topological polar surface area (TPSA) is 38.1 Å². The maximum atomic E-state index is 5.51. The first-order valence-corrected chi connectivity index (χ1v) is 23.0. The van der Waals surface area contributed by atoms with E-state index in [1.54, 1.807) is 0 Å². The number of aliphatic imine (C=N–C) groups is 1. The fourth-order valence-corrected chi connectivity index (χ4v) is 11.4. The quantitative estimate of drug-likeness (QED) is 0.162. The summed E-state index contributed by atoms with van der Waals surface area (Å²) in [5.74, 6) is 1.13. The Hall–Kier alpha value is -7.75. The minimum absolute atomic E-state index is 0.182. The Balaban J connectivity index is 0.882. The van der Waals surface area contributed by atoms with Gasteiger partial charge in [0.05, 0.1) is 22.6 Å². The molecule has 0 saturated carbocycles.